The first-order chi connectivity index (χ1) is 19.5. The van der Waals surface area contributed by atoms with E-state index in [0.29, 0.717) is 6.54 Å². The highest BCUT2D eigenvalue weighted by atomic mass is 32.2. The van der Waals surface area contributed by atoms with Crippen LogP contribution in [0.4, 0.5) is 5.69 Å². The van der Waals surface area contributed by atoms with Gasteiger partial charge >= 0.3 is 0 Å². The number of ether oxygens (including phenoxy) is 1. The molecule has 0 atom stereocenters. The summed E-state index contributed by atoms with van der Waals surface area (Å²) in [6, 6.07) is 16.8. The standard InChI is InChI=1S/C35H52N2O2S/c1-4-5-6-7-8-9-10-11-12-13-14-15-26-39-35-22-18-32(19-23-35)24-25-37(31(3)38)34-20-16-33(17-21-34)28-36-27-30(2)40-29-36/h16-23,27H,4-15,24-26,28-29H2,1-3H3. The highest BCUT2D eigenvalue weighted by molar-refractivity contribution is 8.03. The molecule has 1 aliphatic heterocycles. The van der Waals surface area contributed by atoms with Crippen LogP contribution in [-0.2, 0) is 17.8 Å². The van der Waals surface area contributed by atoms with Crippen molar-refractivity contribution in [2.45, 2.75) is 111 Å². The van der Waals surface area contributed by atoms with E-state index in [1.165, 1.54) is 86.7 Å². The smallest absolute Gasteiger partial charge is 0.223 e. The van der Waals surface area contributed by atoms with Crippen molar-refractivity contribution >= 4 is 23.4 Å². The zero-order valence-corrected chi connectivity index (χ0v) is 26.2. The predicted octanol–water partition coefficient (Wildman–Crippen LogP) is 9.73. The Morgan fingerprint density at radius 3 is 1.95 bits per heavy atom. The summed E-state index contributed by atoms with van der Waals surface area (Å²) in [6.07, 6.45) is 19.3. The van der Waals surface area contributed by atoms with Gasteiger partial charge in [-0.05, 0) is 60.1 Å². The van der Waals surface area contributed by atoms with E-state index in [9.17, 15) is 4.79 Å². The zero-order valence-electron chi connectivity index (χ0n) is 25.3. The van der Waals surface area contributed by atoms with Gasteiger partial charge in [0, 0.05) is 31.9 Å². The SMILES string of the molecule is CCCCCCCCCCCCCCOc1ccc(CCN(C(C)=O)c2ccc(CN3C=C(C)SC3)cc2)cc1. The zero-order chi connectivity index (χ0) is 28.4. The molecule has 0 spiro atoms. The van der Waals surface area contributed by atoms with Gasteiger partial charge in [0.15, 0.2) is 0 Å². The average Bonchev–Trinajstić information content (AvgIpc) is 3.37. The Morgan fingerprint density at radius 1 is 0.825 bits per heavy atom. The van der Waals surface area contributed by atoms with Gasteiger partial charge in [0.05, 0.1) is 12.5 Å². The minimum absolute atomic E-state index is 0.0737. The predicted molar refractivity (Wildman–Crippen MR) is 173 cm³/mol. The Morgan fingerprint density at radius 2 is 1.40 bits per heavy atom. The van der Waals surface area contributed by atoms with Crippen LogP contribution in [0.1, 0.15) is 109 Å². The molecular formula is C35H52N2O2S. The molecule has 0 aliphatic carbocycles. The molecule has 0 fully saturated rings. The molecule has 1 amide bonds. The molecule has 4 nitrogen and oxygen atoms in total. The molecule has 40 heavy (non-hydrogen) atoms. The maximum Gasteiger partial charge on any atom is 0.223 e. The number of unbranched alkanes of at least 4 members (excludes halogenated alkanes) is 11. The number of anilines is 1. The molecule has 5 heteroatoms. The van der Waals surface area contributed by atoms with Crippen LogP contribution in [0, 0.1) is 0 Å². The van der Waals surface area contributed by atoms with Crippen LogP contribution in [0.5, 0.6) is 5.75 Å². The topological polar surface area (TPSA) is 32.8 Å². The number of thioether (sulfide) groups is 1. The second-order valence-electron chi connectivity index (χ2n) is 11.2. The molecule has 0 N–H and O–H groups in total. The third-order valence-electron chi connectivity index (χ3n) is 7.65. The summed E-state index contributed by atoms with van der Waals surface area (Å²) < 4.78 is 5.98. The van der Waals surface area contributed by atoms with Gasteiger partial charge in [-0.3, -0.25) is 4.79 Å². The summed E-state index contributed by atoms with van der Waals surface area (Å²) in [6.45, 7) is 8.44. The number of carbonyl (C=O) groups is 1. The molecule has 2 aromatic carbocycles. The van der Waals surface area contributed by atoms with E-state index >= 15 is 0 Å². The Hall–Kier alpha value is -2.40. The number of hydrogen-bond acceptors (Lipinski definition) is 4. The molecule has 2 aromatic rings. The number of benzene rings is 2. The molecule has 0 radical (unpaired) electrons. The second kappa shape index (κ2) is 18.9. The van der Waals surface area contributed by atoms with Crippen molar-refractivity contribution in [2.75, 3.05) is 23.9 Å². The van der Waals surface area contributed by atoms with Crippen LogP contribution in [0.25, 0.3) is 0 Å². The lowest BCUT2D eigenvalue weighted by Crippen LogP contribution is -2.30. The molecule has 1 heterocycles. The fourth-order valence-electron chi connectivity index (χ4n) is 5.22. The van der Waals surface area contributed by atoms with Crippen LogP contribution in [0.15, 0.2) is 59.6 Å². The van der Waals surface area contributed by atoms with Crippen LogP contribution in [0.2, 0.25) is 0 Å². The Kier molecular flexibility index (Phi) is 15.1. The van der Waals surface area contributed by atoms with Crippen molar-refractivity contribution in [2.24, 2.45) is 0 Å². The van der Waals surface area contributed by atoms with E-state index < -0.39 is 0 Å². The Balaban J connectivity index is 1.29. The second-order valence-corrected chi connectivity index (χ2v) is 12.4. The van der Waals surface area contributed by atoms with Crippen molar-refractivity contribution in [3.05, 3.63) is 70.8 Å². The first kappa shape index (κ1) is 32.1. The van der Waals surface area contributed by atoms with E-state index in [0.717, 1.165) is 43.3 Å². The van der Waals surface area contributed by atoms with Crippen molar-refractivity contribution in [3.63, 3.8) is 0 Å². The Labute approximate surface area is 248 Å². The number of amides is 1. The van der Waals surface area contributed by atoms with E-state index in [1.807, 2.05) is 16.7 Å². The molecule has 0 saturated heterocycles. The first-order valence-electron chi connectivity index (χ1n) is 15.7. The van der Waals surface area contributed by atoms with E-state index in [1.54, 1.807) is 6.92 Å². The fraction of sp³-hybridized carbons (Fsp3) is 0.571. The third-order valence-corrected chi connectivity index (χ3v) is 8.67. The van der Waals surface area contributed by atoms with Crippen LogP contribution in [-0.4, -0.2) is 29.8 Å². The maximum atomic E-state index is 12.4. The molecule has 1 aliphatic rings. The number of allylic oxidation sites excluding steroid dienone is 1. The average molecular weight is 565 g/mol. The Bertz CT molecular complexity index is 1000. The molecular weight excluding hydrogens is 512 g/mol. The molecule has 3 rings (SSSR count). The van der Waals surface area contributed by atoms with Gasteiger partial charge < -0.3 is 14.5 Å². The van der Waals surface area contributed by atoms with Crippen molar-refractivity contribution in [3.8, 4) is 5.75 Å². The summed E-state index contributed by atoms with van der Waals surface area (Å²) >= 11 is 1.88. The van der Waals surface area contributed by atoms with Gasteiger partial charge in [-0.1, -0.05) is 102 Å². The largest absolute Gasteiger partial charge is 0.494 e. The first-order valence-corrected chi connectivity index (χ1v) is 16.7. The van der Waals surface area contributed by atoms with Gasteiger partial charge in [0.1, 0.15) is 5.75 Å². The van der Waals surface area contributed by atoms with Gasteiger partial charge in [-0.25, -0.2) is 0 Å². The summed E-state index contributed by atoms with van der Waals surface area (Å²) in [4.78, 5) is 18.0. The van der Waals surface area contributed by atoms with E-state index in [-0.39, 0.29) is 5.91 Å². The van der Waals surface area contributed by atoms with E-state index in [4.69, 9.17) is 4.74 Å². The normalized spacial score (nSPS) is 13.0. The molecule has 0 aromatic heterocycles. The minimum Gasteiger partial charge on any atom is -0.494 e. The van der Waals surface area contributed by atoms with Crippen molar-refractivity contribution in [1.29, 1.82) is 0 Å². The van der Waals surface area contributed by atoms with Crippen LogP contribution in [0.3, 0.4) is 0 Å². The van der Waals surface area contributed by atoms with Gasteiger partial charge in [-0.2, -0.15) is 0 Å². The number of hydrogen-bond donors (Lipinski definition) is 0. The number of rotatable bonds is 20. The van der Waals surface area contributed by atoms with E-state index in [2.05, 4.69) is 73.5 Å². The maximum absolute atomic E-state index is 12.4. The van der Waals surface area contributed by atoms with Crippen LogP contribution < -0.4 is 9.64 Å². The highest BCUT2D eigenvalue weighted by Crippen LogP contribution is 2.26. The highest BCUT2D eigenvalue weighted by Gasteiger charge is 2.13. The summed E-state index contributed by atoms with van der Waals surface area (Å²) in [7, 11) is 0. The van der Waals surface area contributed by atoms with Gasteiger partial charge in [0.25, 0.3) is 0 Å². The lowest BCUT2D eigenvalue weighted by atomic mass is 10.1. The van der Waals surface area contributed by atoms with Crippen molar-refractivity contribution < 1.29 is 9.53 Å². The fourth-order valence-corrected chi connectivity index (χ4v) is 5.98. The third kappa shape index (κ3) is 12.4. The summed E-state index contributed by atoms with van der Waals surface area (Å²) in [5.41, 5.74) is 3.44. The number of nitrogens with zero attached hydrogens (tertiary/aromatic N) is 2. The summed E-state index contributed by atoms with van der Waals surface area (Å²) in [5, 5.41) is 0. The van der Waals surface area contributed by atoms with Crippen molar-refractivity contribution in [1.82, 2.24) is 4.90 Å². The van der Waals surface area contributed by atoms with Gasteiger partial charge in [-0.15, -0.1) is 11.8 Å². The molecule has 0 unspecified atom stereocenters. The monoisotopic (exact) mass is 564 g/mol. The molecule has 220 valence electrons. The lowest BCUT2D eigenvalue weighted by molar-refractivity contribution is -0.116. The van der Waals surface area contributed by atoms with Gasteiger partial charge in [0.2, 0.25) is 5.91 Å². The minimum atomic E-state index is 0.0737. The molecule has 0 saturated carbocycles. The lowest BCUT2D eigenvalue weighted by Gasteiger charge is -2.22. The molecule has 0 bridgehead atoms. The van der Waals surface area contributed by atoms with Crippen LogP contribution >= 0.6 is 11.8 Å². The quantitative estimate of drug-likeness (QED) is 0.150. The summed E-state index contributed by atoms with van der Waals surface area (Å²) in [5.74, 6) is 2.02. The number of carbonyl (C=O) groups excluding carboxylic acids is 1.